The molecule has 2 aliphatic heterocycles. The van der Waals surface area contributed by atoms with E-state index in [-0.39, 0.29) is 5.91 Å². The number of likely N-dealkylation sites (tertiary alicyclic amines) is 1. The highest BCUT2D eigenvalue weighted by Crippen LogP contribution is 2.39. The highest BCUT2D eigenvalue weighted by atomic mass is 35.5. The lowest BCUT2D eigenvalue weighted by Crippen LogP contribution is -2.34. The zero-order valence-electron chi connectivity index (χ0n) is 19.3. The molecule has 3 heterocycles. The van der Waals surface area contributed by atoms with Crippen molar-refractivity contribution in [2.75, 3.05) is 39.9 Å². The van der Waals surface area contributed by atoms with Crippen molar-refractivity contribution in [2.45, 2.75) is 19.4 Å². The number of hydrogen-bond acceptors (Lipinski definition) is 5. The van der Waals surface area contributed by atoms with Gasteiger partial charge in [-0.25, -0.2) is 0 Å². The van der Waals surface area contributed by atoms with Gasteiger partial charge in [0.2, 0.25) is 0 Å². The summed E-state index contributed by atoms with van der Waals surface area (Å²) in [5.74, 6) is 2.02. The number of ether oxygens (including phenoxy) is 2. The molecule has 2 aromatic carbocycles. The van der Waals surface area contributed by atoms with Crippen LogP contribution in [-0.4, -0.2) is 55.6 Å². The molecule has 0 bridgehead atoms. The van der Waals surface area contributed by atoms with E-state index < -0.39 is 0 Å². The lowest BCUT2D eigenvalue weighted by Gasteiger charge is -2.29. The first-order valence-electron chi connectivity index (χ1n) is 11.8. The minimum absolute atomic E-state index is 0.0346. The summed E-state index contributed by atoms with van der Waals surface area (Å²) in [7, 11) is 2.17. The molecule has 0 saturated carbocycles. The molecular formula is C27H29ClN2O3S. The molecule has 0 unspecified atom stereocenters. The Balaban J connectivity index is 1.47. The largest absolute Gasteiger partial charge is 0.489 e. The summed E-state index contributed by atoms with van der Waals surface area (Å²) in [5, 5.41) is 2.62. The molecule has 178 valence electrons. The number of piperidine rings is 1. The SMILES string of the molecule is CN1CCC[C@@H](COc2cc(-c3cccc(Cl)c3)cc3c2OCCN(C(=O)c2cccs2)C3)C1. The number of hydrogen-bond donors (Lipinski definition) is 0. The summed E-state index contributed by atoms with van der Waals surface area (Å²) in [6.07, 6.45) is 2.37. The van der Waals surface area contributed by atoms with Crippen LogP contribution in [0.3, 0.4) is 0 Å². The van der Waals surface area contributed by atoms with Crippen molar-refractivity contribution in [3.8, 4) is 22.6 Å². The maximum absolute atomic E-state index is 13.1. The Bertz CT molecular complexity index is 1150. The minimum atomic E-state index is 0.0346. The first-order chi connectivity index (χ1) is 16.6. The van der Waals surface area contributed by atoms with Crippen LogP contribution in [0.25, 0.3) is 11.1 Å². The number of carbonyl (C=O) groups is 1. The van der Waals surface area contributed by atoms with Crippen molar-refractivity contribution in [1.29, 1.82) is 0 Å². The molecule has 0 spiro atoms. The van der Waals surface area contributed by atoms with Crippen LogP contribution in [0.5, 0.6) is 11.5 Å². The Labute approximate surface area is 209 Å². The Hall–Kier alpha value is -2.54. The molecule has 1 amide bonds. The maximum Gasteiger partial charge on any atom is 0.264 e. The Morgan fingerprint density at radius 3 is 2.88 bits per heavy atom. The number of thiophene rings is 1. The standard InChI is InChI=1S/C27H29ClN2O3S/c1-29-9-3-5-19(16-29)18-33-24-15-21(20-6-2-7-23(28)14-20)13-22-17-30(10-11-32-26(22)24)27(31)25-8-4-12-34-25/h2,4,6-8,12-15,19H,3,5,9-11,16-18H2,1H3/t19-/m1/s1. The van der Waals surface area contributed by atoms with E-state index in [9.17, 15) is 4.79 Å². The quantitative estimate of drug-likeness (QED) is 0.446. The van der Waals surface area contributed by atoms with Crippen molar-refractivity contribution in [2.24, 2.45) is 5.92 Å². The number of halogens is 1. The predicted octanol–water partition coefficient (Wildman–Crippen LogP) is 5.82. The van der Waals surface area contributed by atoms with Gasteiger partial charge in [0.25, 0.3) is 5.91 Å². The van der Waals surface area contributed by atoms with E-state index in [1.165, 1.54) is 24.2 Å². The first-order valence-corrected chi connectivity index (χ1v) is 13.0. The van der Waals surface area contributed by atoms with E-state index in [1.807, 2.05) is 52.7 Å². The molecule has 1 aromatic heterocycles. The van der Waals surface area contributed by atoms with E-state index in [0.717, 1.165) is 46.2 Å². The van der Waals surface area contributed by atoms with Gasteiger partial charge in [-0.1, -0.05) is 29.8 Å². The van der Waals surface area contributed by atoms with Gasteiger partial charge in [-0.15, -0.1) is 11.3 Å². The van der Waals surface area contributed by atoms with Gasteiger partial charge in [0, 0.05) is 29.6 Å². The fraction of sp³-hybridized carbons (Fsp3) is 0.370. The molecule has 5 nitrogen and oxygen atoms in total. The van der Waals surface area contributed by atoms with Crippen molar-refractivity contribution in [3.63, 3.8) is 0 Å². The van der Waals surface area contributed by atoms with Gasteiger partial charge in [0.1, 0.15) is 6.61 Å². The van der Waals surface area contributed by atoms with Gasteiger partial charge in [-0.2, -0.15) is 0 Å². The molecule has 7 heteroatoms. The topological polar surface area (TPSA) is 42.0 Å². The van der Waals surface area contributed by atoms with E-state index in [2.05, 4.69) is 18.0 Å². The van der Waals surface area contributed by atoms with Crippen LogP contribution in [-0.2, 0) is 6.54 Å². The van der Waals surface area contributed by atoms with E-state index >= 15 is 0 Å². The molecule has 0 aliphatic carbocycles. The first kappa shape index (κ1) is 23.2. The molecule has 1 atom stereocenters. The predicted molar refractivity (Wildman–Crippen MR) is 137 cm³/mol. The second-order valence-electron chi connectivity index (χ2n) is 9.11. The smallest absolute Gasteiger partial charge is 0.264 e. The lowest BCUT2D eigenvalue weighted by atomic mass is 9.99. The Kier molecular flexibility index (Phi) is 7.09. The summed E-state index contributed by atoms with van der Waals surface area (Å²) in [5.41, 5.74) is 2.97. The van der Waals surface area contributed by atoms with E-state index in [1.54, 1.807) is 0 Å². The summed E-state index contributed by atoms with van der Waals surface area (Å²) < 4.78 is 12.6. The molecule has 34 heavy (non-hydrogen) atoms. The van der Waals surface area contributed by atoms with Gasteiger partial charge < -0.3 is 19.3 Å². The summed E-state index contributed by atoms with van der Waals surface area (Å²) in [6.45, 7) is 4.28. The molecule has 3 aromatic rings. The number of fused-ring (bicyclic) bond motifs is 1. The lowest BCUT2D eigenvalue weighted by molar-refractivity contribution is 0.0738. The van der Waals surface area contributed by atoms with Crippen LogP contribution in [0.4, 0.5) is 0 Å². The minimum Gasteiger partial charge on any atom is -0.489 e. The highest BCUT2D eigenvalue weighted by molar-refractivity contribution is 7.12. The van der Waals surface area contributed by atoms with Gasteiger partial charge in [0.05, 0.1) is 18.0 Å². The fourth-order valence-corrected chi connectivity index (χ4v) is 5.65. The molecule has 1 saturated heterocycles. The second kappa shape index (κ2) is 10.4. The third kappa shape index (κ3) is 5.24. The van der Waals surface area contributed by atoms with Crippen LogP contribution in [0.15, 0.2) is 53.9 Å². The monoisotopic (exact) mass is 496 g/mol. The molecule has 0 N–H and O–H groups in total. The van der Waals surface area contributed by atoms with E-state index in [4.69, 9.17) is 21.1 Å². The number of benzene rings is 2. The van der Waals surface area contributed by atoms with Crippen molar-refractivity contribution >= 4 is 28.8 Å². The molecular weight excluding hydrogens is 468 g/mol. The Morgan fingerprint density at radius 2 is 2.09 bits per heavy atom. The zero-order chi connectivity index (χ0) is 23.5. The van der Waals surface area contributed by atoms with Gasteiger partial charge >= 0.3 is 0 Å². The van der Waals surface area contributed by atoms with Crippen LogP contribution in [0, 0.1) is 5.92 Å². The molecule has 0 radical (unpaired) electrons. The third-order valence-corrected chi connectivity index (χ3v) is 7.57. The Morgan fingerprint density at radius 1 is 1.18 bits per heavy atom. The maximum atomic E-state index is 13.1. The average molecular weight is 497 g/mol. The highest BCUT2D eigenvalue weighted by Gasteiger charge is 2.26. The summed E-state index contributed by atoms with van der Waals surface area (Å²) in [4.78, 5) is 18.1. The zero-order valence-corrected chi connectivity index (χ0v) is 20.9. The normalized spacial score (nSPS) is 18.6. The van der Waals surface area contributed by atoms with Gasteiger partial charge in [0.15, 0.2) is 11.5 Å². The van der Waals surface area contributed by atoms with Crippen LogP contribution in [0.2, 0.25) is 5.02 Å². The van der Waals surface area contributed by atoms with Gasteiger partial charge in [-0.3, -0.25) is 4.79 Å². The van der Waals surface area contributed by atoms with Gasteiger partial charge in [-0.05, 0) is 73.3 Å². The molecule has 5 rings (SSSR count). The van der Waals surface area contributed by atoms with Crippen molar-refractivity contribution < 1.29 is 14.3 Å². The van der Waals surface area contributed by atoms with Crippen LogP contribution in [0.1, 0.15) is 28.1 Å². The van der Waals surface area contributed by atoms with Crippen LogP contribution < -0.4 is 9.47 Å². The van der Waals surface area contributed by atoms with Crippen molar-refractivity contribution in [1.82, 2.24) is 9.80 Å². The summed E-state index contributed by atoms with van der Waals surface area (Å²) in [6, 6.07) is 15.7. The van der Waals surface area contributed by atoms with Crippen molar-refractivity contribution in [3.05, 3.63) is 69.4 Å². The summed E-state index contributed by atoms with van der Waals surface area (Å²) >= 11 is 7.76. The number of carbonyl (C=O) groups excluding carboxylic acids is 1. The number of nitrogens with zero attached hydrogens (tertiary/aromatic N) is 2. The fourth-order valence-electron chi connectivity index (χ4n) is 4.77. The average Bonchev–Trinajstić information content (AvgIpc) is 3.29. The number of rotatable bonds is 5. The van der Waals surface area contributed by atoms with E-state index in [0.29, 0.717) is 37.2 Å². The third-order valence-electron chi connectivity index (χ3n) is 6.47. The van der Waals surface area contributed by atoms with Crippen LogP contribution >= 0.6 is 22.9 Å². The second-order valence-corrected chi connectivity index (χ2v) is 10.5. The number of amides is 1. The molecule has 1 fully saturated rings. The molecule has 2 aliphatic rings.